The van der Waals surface area contributed by atoms with Crippen molar-refractivity contribution in [3.8, 4) is 0 Å². The lowest BCUT2D eigenvalue weighted by atomic mass is 10.0. The molecule has 0 saturated heterocycles. The van der Waals surface area contributed by atoms with Gasteiger partial charge in [0.2, 0.25) is 0 Å². The summed E-state index contributed by atoms with van der Waals surface area (Å²) in [4.78, 5) is 10.9. The zero-order valence-corrected chi connectivity index (χ0v) is 9.92. The molecule has 0 bridgehead atoms. The van der Waals surface area contributed by atoms with Gasteiger partial charge in [-0.15, -0.1) is 0 Å². The second-order valence-corrected chi connectivity index (χ2v) is 4.59. The SMILES string of the molecule is COC(=O)CCNC1CCCC(C)CC1. The van der Waals surface area contributed by atoms with Gasteiger partial charge in [0.05, 0.1) is 13.5 Å². The number of nitrogens with one attached hydrogen (secondary N) is 1. The Labute approximate surface area is 92.6 Å². The number of carbonyl (C=O) groups excluding carboxylic acids is 1. The van der Waals surface area contributed by atoms with Crippen LogP contribution in [0.5, 0.6) is 0 Å². The van der Waals surface area contributed by atoms with Crippen molar-refractivity contribution in [2.45, 2.75) is 51.5 Å². The monoisotopic (exact) mass is 213 g/mol. The number of ether oxygens (including phenoxy) is 1. The van der Waals surface area contributed by atoms with Crippen LogP contribution in [0.3, 0.4) is 0 Å². The fraction of sp³-hybridized carbons (Fsp3) is 0.917. The summed E-state index contributed by atoms with van der Waals surface area (Å²) in [6.45, 7) is 3.09. The number of hydrogen-bond acceptors (Lipinski definition) is 3. The summed E-state index contributed by atoms with van der Waals surface area (Å²) in [7, 11) is 1.44. The highest BCUT2D eigenvalue weighted by Gasteiger charge is 2.15. The molecular weight excluding hydrogens is 190 g/mol. The second kappa shape index (κ2) is 6.83. The Hall–Kier alpha value is -0.570. The first-order valence-corrected chi connectivity index (χ1v) is 6.02. The summed E-state index contributed by atoms with van der Waals surface area (Å²) >= 11 is 0. The van der Waals surface area contributed by atoms with Crippen molar-refractivity contribution < 1.29 is 9.53 Å². The van der Waals surface area contributed by atoms with Crippen molar-refractivity contribution in [3.05, 3.63) is 0 Å². The molecule has 0 aromatic carbocycles. The Kier molecular flexibility index (Phi) is 5.69. The molecule has 2 unspecified atom stereocenters. The molecule has 0 amide bonds. The predicted octanol–water partition coefficient (Wildman–Crippen LogP) is 2.11. The average molecular weight is 213 g/mol. The molecule has 1 N–H and O–H groups in total. The van der Waals surface area contributed by atoms with Gasteiger partial charge in [0.15, 0.2) is 0 Å². The Balaban J connectivity index is 2.12. The van der Waals surface area contributed by atoms with Gasteiger partial charge >= 0.3 is 5.97 Å². The van der Waals surface area contributed by atoms with Crippen LogP contribution in [0.1, 0.15) is 45.4 Å². The molecule has 0 aromatic rings. The van der Waals surface area contributed by atoms with E-state index in [0.717, 1.165) is 12.5 Å². The first kappa shape index (κ1) is 12.5. The molecule has 1 rings (SSSR count). The first-order chi connectivity index (χ1) is 7.22. The smallest absolute Gasteiger partial charge is 0.306 e. The summed E-state index contributed by atoms with van der Waals surface area (Å²) in [6, 6.07) is 0.611. The van der Waals surface area contributed by atoms with Gasteiger partial charge in [0.25, 0.3) is 0 Å². The molecule has 0 radical (unpaired) electrons. The summed E-state index contributed by atoms with van der Waals surface area (Å²) in [5.74, 6) is 0.752. The van der Waals surface area contributed by atoms with Crippen LogP contribution in [-0.2, 0) is 9.53 Å². The summed E-state index contributed by atoms with van der Waals surface area (Å²) in [6.07, 6.45) is 6.98. The number of hydrogen-bond donors (Lipinski definition) is 1. The van der Waals surface area contributed by atoms with Gasteiger partial charge in [-0.25, -0.2) is 0 Å². The minimum absolute atomic E-state index is 0.121. The van der Waals surface area contributed by atoms with E-state index in [1.165, 1.54) is 39.2 Å². The van der Waals surface area contributed by atoms with E-state index < -0.39 is 0 Å². The summed E-state index contributed by atoms with van der Waals surface area (Å²) < 4.78 is 4.60. The van der Waals surface area contributed by atoms with E-state index in [9.17, 15) is 4.79 Å². The van der Waals surface area contributed by atoms with E-state index in [4.69, 9.17) is 0 Å². The van der Waals surface area contributed by atoms with Gasteiger partial charge < -0.3 is 10.1 Å². The van der Waals surface area contributed by atoms with Gasteiger partial charge in [0, 0.05) is 12.6 Å². The third kappa shape index (κ3) is 5.17. The van der Waals surface area contributed by atoms with E-state index in [1.807, 2.05) is 0 Å². The van der Waals surface area contributed by atoms with Crippen LogP contribution >= 0.6 is 0 Å². The maximum absolute atomic E-state index is 10.9. The molecular formula is C12H23NO2. The Morgan fingerprint density at radius 1 is 1.33 bits per heavy atom. The van der Waals surface area contributed by atoms with Crippen LogP contribution in [-0.4, -0.2) is 25.7 Å². The first-order valence-electron chi connectivity index (χ1n) is 6.02. The summed E-state index contributed by atoms with van der Waals surface area (Å²) in [5.41, 5.74) is 0. The van der Waals surface area contributed by atoms with Crippen LogP contribution in [0.2, 0.25) is 0 Å². The van der Waals surface area contributed by atoms with Crippen LogP contribution in [0.25, 0.3) is 0 Å². The molecule has 1 fully saturated rings. The molecule has 15 heavy (non-hydrogen) atoms. The quantitative estimate of drug-likeness (QED) is 0.574. The predicted molar refractivity (Wildman–Crippen MR) is 60.7 cm³/mol. The zero-order valence-electron chi connectivity index (χ0n) is 9.92. The summed E-state index contributed by atoms with van der Waals surface area (Å²) in [5, 5.41) is 3.45. The van der Waals surface area contributed by atoms with Crippen molar-refractivity contribution in [1.29, 1.82) is 0 Å². The largest absolute Gasteiger partial charge is 0.469 e. The minimum Gasteiger partial charge on any atom is -0.469 e. The van der Waals surface area contributed by atoms with Crippen molar-refractivity contribution in [1.82, 2.24) is 5.32 Å². The molecule has 0 aliphatic heterocycles. The highest BCUT2D eigenvalue weighted by molar-refractivity contribution is 5.69. The van der Waals surface area contributed by atoms with E-state index in [1.54, 1.807) is 0 Å². The molecule has 3 heteroatoms. The third-order valence-corrected chi connectivity index (χ3v) is 3.25. The number of carbonyl (C=O) groups is 1. The standard InChI is InChI=1S/C12H23NO2/c1-10-4-3-5-11(7-6-10)13-9-8-12(14)15-2/h10-11,13H,3-9H2,1-2H3. The van der Waals surface area contributed by atoms with Gasteiger partial charge in [-0.05, 0) is 25.2 Å². The lowest BCUT2D eigenvalue weighted by molar-refractivity contribution is -0.140. The topological polar surface area (TPSA) is 38.3 Å². The van der Waals surface area contributed by atoms with Crippen molar-refractivity contribution in [3.63, 3.8) is 0 Å². The fourth-order valence-corrected chi connectivity index (χ4v) is 2.17. The Morgan fingerprint density at radius 2 is 2.13 bits per heavy atom. The van der Waals surface area contributed by atoms with E-state index in [2.05, 4.69) is 17.0 Å². The lowest BCUT2D eigenvalue weighted by Gasteiger charge is -2.15. The molecule has 3 nitrogen and oxygen atoms in total. The van der Waals surface area contributed by atoms with Gasteiger partial charge in [0.1, 0.15) is 0 Å². The molecule has 1 saturated carbocycles. The van der Waals surface area contributed by atoms with Crippen molar-refractivity contribution >= 4 is 5.97 Å². The Bertz CT molecular complexity index is 194. The molecule has 0 heterocycles. The van der Waals surface area contributed by atoms with Crippen LogP contribution in [0.4, 0.5) is 0 Å². The lowest BCUT2D eigenvalue weighted by Crippen LogP contribution is -2.30. The maximum Gasteiger partial charge on any atom is 0.306 e. The van der Waals surface area contributed by atoms with E-state index in [-0.39, 0.29) is 5.97 Å². The maximum atomic E-state index is 10.9. The molecule has 0 aromatic heterocycles. The average Bonchev–Trinajstić information content (AvgIpc) is 2.43. The molecule has 2 atom stereocenters. The Morgan fingerprint density at radius 3 is 2.87 bits per heavy atom. The van der Waals surface area contributed by atoms with Gasteiger partial charge in [-0.1, -0.05) is 19.8 Å². The van der Waals surface area contributed by atoms with E-state index >= 15 is 0 Å². The van der Waals surface area contributed by atoms with Crippen molar-refractivity contribution in [2.24, 2.45) is 5.92 Å². The van der Waals surface area contributed by atoms with E-state index in [0.29, 0.717) is 12.5 Å². The number of methoxy groups -OCH3 is 1. The number of rotatable bonds is 4. The zero-order chi connectivity index (χ0) is 11.1. The highest BCUT2D eigenvalue weighted by Crippen LogP contribution is 2.22. The normalized spacial score (nSPS) is 27.1. The fourth-order valence-electron chi connectivity index (χ4n) is 2.17. The molecule has 0 spiro atoms. The molecule has 1 aliphatic carbocycles. The van der Waals surface area contributed by atoms with Gasteiger partial charge in [-0.2, -0.15) is 0 Å². The molecule has 1 aliphatic rings. The number of esters is 1. The van der Waals surface area contributed by atoms with Crippen LogP contribution in [0.15, 0.2) is 0 Å². The minimum atomic E-state index is -0.121. The van der Waals surface area contributed by atoms with Crippen LogP contribution in [0, 0.1) is 5.92 Å². The van der Waals surface area contributed by atoms with Crippen LogP contribution < -0.4 is 5.32 Å². The highest BCUT2D eigenvalue weighted by atomic mass is 16.5. The van der Waals surface area contributed by atoms with Crippen molar-refractivity contribution in [2.75, 3.05) is 13.7 Å². The molecule has 88 valence electrons. The van der Waals surface area contributed by atoms with Gasteiger partial charge in [-0.3, -0.25) is 4.79 Å². The third-order valence-electron chi connectivity index (χ3n) is 3.25. The second-order valence-electron chi connectivity index (χ2n) is 4.59.